The van der Waals surface area contributed by atoms with Crippen molar-refractivity contribution in [1.82, 2.24) is 24.3 Å². The van der Waals surface area contributed by atoms with E-state index in [4.69, 9.17) is 9.84 Å². The van der Waals surface area contributed by atoms with Crippen LogP contribution in [-0.4, -0.2) is 24.3 Å². The van der Waals surface area contributed by atoms with Gasteiger partial charge in [-0.2, -0.15) is 16.4 Å². The van der Waals surface area contributed by atoms with Crippen LogP contribution in [0.5, 0.6) is 11.5 Å². The molecule has 0 bridgehead atoms. The van der Waals surface area contributed by atoms with Gasteiger partial charge in [0, 0.05) is 34.3 Å². The Morgan fingerprint density at radius 1 is 0.576 bits per heavy atom. The molecule has 0 saturated carbocycles. The molecule has 7 nitrogen and oxygen atoms in total. The van der Waals surface area contributed by atoms with Gasteiger partial charge in [0.2, 0.25) is 0 Å². The van der Waals surface area contributed by atoms with Gasteiger partial charge in [-0.15, -0.1) is 34.2 Å². The fourth-order valence-corrected chi connectivity index (χ4v) is 7.70. The summed E-state index contributed by atoms with van der Waals surface area (Å²) >= 11 is 0. The smallest absolute Gasteiger partial charge is 0.503 e. The summed E-state index contributed by atoms with van der Waals surface area (Å²) in [4.78, 5) is 4.67. The van der Waals surface area contributed by atoms with Gasteiger partial charge < -0.3 is 13.9 Å². The van der Waals surface area contributed by atoms with Crippen LogP contribution < -0.4 is 4.74 Å². The fraction of sp³-hybridized carbons (Fsp3) is 0.0196. The van der Waals surface area contributed by atoms with E-state index in [0.717, 1.165) is 72.5 Å². The molecule has 0 radical (unpaired) electrons. The first-order chi connectivity index (χ1) is 28.6. The normalized spacial score (nSPS) is 11.0. The maximum absolute atomic E-state index is 9.72. The van der Waals surface area contributed by atoms with Gasteiger partial charge in [0.1, 0.15) is 11.6 Å². The van der Waals surface area contributed by atoms with E-state index >= 15 is 0 Å². The Balaban J connectivity index is 0.00000449. The van der Waals surface area contributed by atoms with Crippen LogP contribution in [0.15, 0.2) is 176 Å². The number of nitriles is 1. The number of fused-ring (bicyclic) bond motifs is 3. The molecule has 59 heavy (non-hydrogen) atoms. The van der Waals surface area contributed by atoms with Crippen LogP contribution in [-0.2, 0) is 21.1 Å². The molecule has 282 valence electrons. The van der Waals surface area contributed by atoms with Crippen molar-refractivity contribution in [3.05, 3.63) is 200 Å². The molecule has 10 rings (SSSR count). The van der Waals surface area contributed by atoms with Crippen LogP contribution in [0.25, 0.3) is 78.1 Å². The maximum Gasteiger partial charge on any atom is 2.00 e. The molecule has 0 aliphatic heterocycles. The largest absolute Gasteiger partial charge is 2.00 e. The molecule has 0 N–H and O–H groups in total. The van der Waals surface area contributed by atoms with Crippen LogP contribution in [0.3, 0.4) is 0 Å². The average molecular weight is 940 g/mol. The van der Waals surface area contributed by atoms with E-state index in [0.29, 0.717) is 28.5 Å². The molecule has 0 fully saturated rings. The molecular weight excluding hydrogens is 908 g/mol. The van der Waals surface area contributed by atoms with E-state index in [-0.39, 0.29) is 21.1 Å². The molecule has 7 aromatic carbocycles. The van der Waals surface area contributed by atoms with E-state index < -0.39 is 0 Å². The minimum atomic E-state index is 0. The summed E-state index contributed by atoms with van der Waals surface area (Å²) < 4.78 is 10.9. The topological polar surface area (TPSA) is 81.6 Å². The molecule has 0 saturated heterocycles. The van der Waals surface area contributed by atoms with E-state index in [1.54, 1.807) is 6.20 Å². The predicted octanol–water partition coefficient (Wildman–Crippen LogP) is 12.0. The number of pyridine rings is 1. The number of ether oxygens (including phenoxy) is 1. The molecule has 0 aliphatic carbocycles. The molecule has 3 aromatic heterocycles. The third kappa shape index (κ3) is 6.90. The number of para-hydroxylation sites is 1. The first-order valence-electron chi connectivity index (χ1n) is 18.9. The van der Waals surface area contributed by atoms with Gasteiger partial charge in [-0.3, -0.25) is 0 Å². The molecule has 0 aliphatic rings. The van der Waals surface area contributed by atoms with Gasteiger partial charge in [0.05, 0.1) is 23.1 Å². The second-order valence-corrected chi connectivity index (χ2v) is 13.9. The summed E-state index contributed by atoms with van der Waals surface area (Å²) in [7, 11) is 0. The van der Waals surface area contributed by atoms with Crippen LogP contribution in [0, 0.1) is 30.4 Å². The zero-order valence-corrected chi connectivity index (χ0v) is 33.9. The monoisotopic (exact) mass is 939 g/mol. The van der Waals surface area contributed by atoms with Crippen molar-refractivity contribution in [1.29, 1.82) is 5.26 Å². The minimum Gasteiger partial charge on any atom is -0.503 e. The Kier molecular flexibility index (Phi) is 10.0. The van der Waals surface area contributed by atoms with Crippen molar-refractivity contribution in [3.63, 3.8) is 0 Å². The summed E-state index contributed by atoms with van der Waals surface area (Å²) in [6.07, 6.45) is 1.77. The molecule has 0 unspecified atom stereocenters. The Morgan fingerprint density at radius 2 is 1.25 bits per heavy atom. The van der Waals surface area contributed by atoms with Crippen LogP contribution in [0.1, 0.15) is 11.4 Å². The molecule has 8 heteroatoms. The number of hydrogen-bond donors (Lipinski definition) is 0. The summed E-state index contributed by atoms with van der Waals surface area (Å²) in [6, 6.07) is 66.3. The number of aromatic nitrogens is 5. The predicted molar refractivity (Wildman–Crippen MR) is 229 cm³/mol. The van der Waals surface area contributed by atoms with Gasteiger partial charge >= 0.3 is 21.1 Å². The van der Waals surface area contributed by atoms with Crippen molar-refractivity contribution in [2.45, 2.75) is 6.92 Å². The minimum absolute atomic E-state index is 0. The molecule has 3 heterocycles. The zero-order chi connectivity index (χ0) is 39.0. The van der Waals surface area contributed by atoms with E-state index in [1.165, 1.54) is 0 Å². The van der Waals surface area contributed by atoms with E-state index in [1.807, 2.05) is 96.4 Å². The number of rotatable bonds is 8. The summed E-state index contributed by atoms with van der Waals surface area (Å²) in [5.74, 6) is 3.09. The third-order valence-electron chi connectivity index (χ3n) is 10.3. The van der Waals surface area contributed by atoms with Crippen LogP contribution in [0.4, 0.5) is 0 Å². The van der Waals surface area contributed by atoms with Crippen LogP contribution >= 0.6 is 0 Å². The van der Waals surface area contributed by atoms with Gasteiger partial charge in [-0.25, -0.2) is 4.98 Å². The fourth-order valence-electron chi connectivity index (χ4n) is 7.70. The quantitative estimate of drug-likeness (QED) is 0.142. The van der Waals surface area contributed by atoms with Gasteiger partial charge in [0.25, 0.3) is 0 Å². The first kappa shape index (κ1) is 37.2. The SMILES string of the molecule is Cc1nnc(-c2[c-]c(Oc3[c-]c4c(cc3)c3cc(C#N)ccc3n4-c3ccccn3)cc(-c3ccccc3)c2)n1-c1c(-c2ccccc2)cccc1-c1ccccc1.[Pt+2]. The van der Waals surface area contributed by atoms with Gasteiger partial charge in [-0.05, 0) is 59.3 Å². The second kappa shape index (κ2) is 15.9. The van der Waals surface area contributed by atoms with Gasteiger partial charge in [-0.1, -0.05) is 138 Å². The molecule has 0 atom stereocenters. The van der Waals surface area contributed by atoms with Crippen LogP contribution in [0.2, 0.25) is 0 Å². The van der Waals surface area contributed by atoms with E-state index in [2.05, 4.69) is 118 Å². The second-order valence-electron chi connectivity index (χ2n) is 13.9. The first-order valence-corrected chi connectivity index (χ1v) is 18.9. The number of benzene rings is 7. The molecule has 0 amide bonds. The zero-order valence-electron chi connectivity index (χ0n) is 31.7. The summed E-state index contributed by atoms with van der Waals surface area (Å²) in [6.45, 7) is 1.98. The summed E-state index contributed by atoms with van der Waals surface area (Å²) in [5, 5.41) is 21.1. The Morgan fingerprint density at radius 3 is 1.92 bits per heavy atom. The Bertz CT molecular complexity index is 3100. The standard InChI is InChI=1S/C51H32N6O.Pt/c1-34-54-55-51(56(34)50-43(37-16-7-3-8-17-37)20-13-21-44(50)38-18-9-4-10-19-38)40-29-39(36-14-5-2-6-15-36)30-42(31-40)58-41-24-25-45-46-28-35(33-52)23-26-47(46)57(48(45)32-41)49-22-11-12-27-53-49;/h2-30H,1H3;/q-2;+2. The van der Waals surface area contributed by atoms with Crippen molar-refractivity contribution in [2.24, 2.45) is 0 Å². The van der Waals surface area contributed by atoms with Crippen molar-refractivity contribution < 1.29 is 25.8 Å². The van der Waals surface area contributed by atoms with Crippen molar-refractivity contribution >= 4 is 21.8 Å². The van der Waals surface area contributed by atoms with Crippen molar-refractivity contribution in [2.75, 3.05) is 0 Å². The molecule has 0 spiro atoms. The third-order valence-corrected chi connectivity index (χ3v) is 10.3. The van der Waals surface area contributed by atoms with Gasteiger partial charge in [0.15, 0.2) is 0 Å². The number of nitrogens with zero attached hydrogens (tertiary/aromatic N) is 6. The Labute approximate surface area is 355 Å². The molecular formula is C51H32N6OPt. The van der Waals surface area contributed by atoms with Crippen molar-refractivity contribution in [3.8, 4) is 73.8 Å². The average Bonchev–Trinajstić information content (AvgIpc) is 3.83. The maximum atomic E-state index is 9.72. The molecule has 10 aromatic rings. The number of aryl methyl sites for hydroxylation is 1. The summed E-state index contributed by atoms with van der Waals surface area (Å²) in [5.41, 5.74) is 10.2. The number of hydrogen-bond acceptors (Lipinski definition) is 5. The Hall–Kier alpha value is -7.39. The van der Waals surface area contributed by atoms with E-state index in [9.17, 15) is 5.26 Å².